The lowest BCUT2D eigenvalue weighted by Gasteiger charge is -2.18. The highest BCUT2D eigenvalue weighted by Gasteiger charge is 2.32. The Morgan fingerprint density at radius 3 is 1.62 bits per heavy atom. The van der Waals surface area contributed by atoms with Crippen LogP contribution in [0.15, 0.2) is 59.4 Å². The average molecular weight is 575 g/mol. The highest BCUT2D eigenvalue weighted by molar-refractivity contribution is 8.22. The number of carbonyl (C=O) groups excluding carboxylic acids is 2. The van der Waals surface area contributed by atoms with Crippen LogP contribution >= 0.6 is 70.6 Å². The molecule has 1 aromatic carbocycles. The Morgan fingerprint density at radius 2 is 1.26 bits per heavy atom. The zero-order chi connectivity index (χ0) is 24.5. The van der Waals surface area contributed by atoms with E-state index in [0.29, 0.717) is 19.7 Å². The number of rotatable bonds is 12. The fraction of sp³-hybridized carbons (Fsp3) is 0.500. The van der Waals surface area contributed by atoms with E-state index < -0.39 is 0 Å². The molecule has 2 aliphatic rings. The van der Waals surface area contributed by atoms with Gasteiger partial charge in [-0.15, -0.1) is 70.6 Å². The van der Waals surface area contributed by atoms with Crippen molar-refractivity contribution in [2.24, 2.45) is 0 Å². The molecule has 2 aliphatic heterocycles. The maximum Gasteiger partial charge on any atom is 0.330 e. The van der Waals surface area contributed by atoms with Crippen molar-refractivity contribution in [2.45, 2.75) is 55.5 Å². The molecule has 2 fully saturated rings. The number of thioether (sulfide) groups is 6. The molecule has 10 heteroatoms. The van der Waals surface area contributed by atoms with Gasteiger partial charge in [-0.05, 0) is 38.1 Å². The summed E-state index contributed by atoms with van der Waals surface area (Å²) in [4.78, 5) is 25.4. The quantitative estimate of drug-likeness (QED) is 0.158. The molecule has 0 amide bonds. The van der Waals surface area contributed by atoms with Crippen molar-refractivity contribution < 1.29 is 19.1 Å². The van der Waals surface area contributed by atoms with E-state index in [-0.39, 0.29) is 24.1 Å². The first-order chi connectivity index (χ1) is 16.4. The van der Waals surface area contributed by atoms with E-state index in [0.717, 1.165) is 23.0 Å². The molecule has 186 valence electrons. The topological polar surface area (TPSA) is 52.6 Å². The first-order valence-electron chi connectivity index (χ1n) is 10.9. The molecule has 1 aromatic rings. The molecule has 6 unspecified atom stereocenters. The highest BCUT2D eigenvalue weighted by Crippen LogP contribution is 2.44. The highest BCUT2D eigenvalue weighted by atomic mass is 32.2. The minimum atomic E-state index is -0.345. The molecule has 0 aliphatic carbocycles. The van der Waals surface area contributed by atoms with Crippen LogP contribution in [0.5, 0.6) is 0 Å². The van der Waals surface area contributed by atoms with Crippen LogP contribution < -0.4 is 0 Å². The standard InChI is InChI=1S/C24H30O4S6/c1-5-21(25)27-15(3)19-11-31-23(33-19)13-29-17-7-9-18(10-8-17)30-14-24-32-12-20(34-24)16(4)28-22(26)6-2/h5-10,15-16,19-20,23-24H,1-2,11-14H2,3-4H3. The maximum absolute atomic E-state index is 11.4. The van der Waals surface area contributed by atoms with Crippen molar-refractivity contribution in [1.29, 1.82) is 0 Å². The molecule has 34 heavy (non-hydrogen) atoms. The second kappa shape index (κ2) is 14.5. The van der Waals surface area contributed by atoms with Gasteiger partial charge in [-0.3, -0.25) is 0 Å². The summed E-state index contributed by atoms with van der Waals surface area (Å²) in [7, 11) is 0. The van der Waals surface area contributed by atoms with Crippen molar-refractivity contribution in [3.05, 3.63) is 49.6 Å². The number of hydrogen-bond acceptors (Lipinski definition) is 10. The number of carbonyl (C=O) groups is 2. The number of ether oxygens (including phenoxy) is 2. The van der Waals surface area contributed by atoms with Crippen molar-refractivity contribution in [3.63, 3.8) is 0 Å². The third-order valence-corrected chi connectivity index (χ3v) is 15.0. The zero-order valence-electron chi connectivity index (χ0n) is 19.3. The Balaban J connectivity index is 1.35. The molecule has 0 radical (unpaired) electrons. The summed E-state index contributed by atoms with van der Waals surface area (Å²) in [6.07, 6.45) is 2.27. The van der Waals surface area contributed by atoms with Crippen molar-refractivity contribution in [1.82, 2.24) is 0 Å². The van der Waals surface area contributed by atoms with Crippen LogP contribution in [0.1, 0.15) is 13.8 Å². The van der Waals surface area contributed by atoms with Gasteiger partial charge in [-0.1, -0.05) is 13.2 Å². The van der Waals surface area contributed by atoms with Gasteiger partial charge in [0.05, 0.1) is 19.7 Å². The van der Waals surface area contributed by atoms with Crippen LogP contribution in [0.2, 0.25) is 0 Å². The Hall–Kier alpha value is -0.260. The van der Waals surface area contributed by atoms with Crippen LogP contribution in [0, 0.1) is 0 Å². The number of hydrogen-bond donors (Lipinski definition) is 0. The molecule has 0 saturated carbocycles. The summed E-state index contributed by atoms with van der Waals surface area (Å²) < 4.78 is 11.8. The van der Waals surface area contributed by atoms with E-state index in [1.54, 1.807) is 0 Å². The Morgan fingerprint density at radius 1 is 0.882 bits per heavy atom. The first-order valence-corrected chi connectivity index (χ1v) is 16.9. The van der Waals surface area contributed by atoms with Gasteiger partial charge in [0, 0.05) is 45.0 Å². The van der Waals surface area contributed by atoms with Gasteiger partial charge in [-0.2, -0.15) is 0 Å². The van der Waals surface area contributed by atoms with Crippen molar-refractivity contribution >= 4 is 82.5 Å². The zero-order valence-corrected chi connectivity index (χ0v) is 24.2. The molecule has 0 aromatic heterocycles. The summed E-state index contributed by atoms with van der Waals surface area (Å²) >= 11 is 11.5. The van der Waals surface area contributed by atoms with Crippen LogP contribution in [0.3, 0.4) is 0 Å². The van der Waals surface area contributed by atoms with Gasteiger partial charge in [0.1, 0.15) is 12.2 Å². The summed E-state index contributed by atoms with van der Waals surface area (Å²) in [5.41, 5.74) is 0. The van der Waals surface area contributed by atoms with Crippen molar-refractivity contribution in [3.8, 4) is 0 Å². The molecule has 0 bridgehead atoms. The molecule has 4 nitrogen and oxygen atoms in total. The van der Waals surface area contributed by atoms with Gasteiger partial charge >= 0.3 is 11.9 Å². The van der Waals surface area contributed by atoms with Crippen LogP contribution in [0.4, 0.5) is 0 Å². The van der Waals surface area contributed by atoms with Gasteiger partial charge in [-0.25, -0.2) is 9.59 Å². The maximum atomic E-state index is 11.4. The number of benzene rings is 1. The lowest BCUT2D eigenvalue weighted by atomic mass is 10.3. The largest absolute Gasteiger partial charge is 0.458 e. The Kier molecular flexibility index (Phi) is 12.1. The molecule has 2 heterocycles. The minimum absolute atomic E-state index is 0.0915. The Labute approximate surface area is 228 Å². The third kappa shape index (κ3) is 9.00. The monoisotopic (exact) mass is 574 g/mol. The molecule has 3 rings (SSSR count). The molecule has 6 atom stereocenters. The normalized spacial score (nSPS) is 25.9. The summed E-state index contributed by atoms with van der Waals surface area (Å²) in [5, 5.41) is 0.669. The van der Waals surface area contributed by atoms with E-state index in [9.17, 15) is 9.59 Å². The lowest BCUT2D eigenvalue weighted by Crippen LogP contribution is -2.25. The van der Waals surface area contributed by atoms with Crippen LogP contribution in [0.25, 0.3) is 0 Å². The van der Waals surface area contributed by atoms with Gasteiger partial charge in [0.15, 0.2) is 0 Å². The van der Waals surface area contributed by atoms with Gasteiger partial charge in [0.25, 0.3) is 0 Å². The molecular weight excluding hydrogens is 545 g/mol. The molecule has 0 N–H and O–H groups in total. The molecular formula is C24H30O4S6. The fourth-order valence-electron chi connectivity index (χ4n) is 3.19. The number of esters is 2. The van der Waals surface area contributed by atoms with E-state index in [1.807, 2.05) is 84.4 Å². The third-order valence-electron chi connectivity index (χ3n) is 5.13. The summed E-state index contributed by atoms with van der Waals surface area (Å²) in [6.45, 7) is 10.9. The summed E-state index contributed by atoms with van der Waals surface area (Å²) in [5.74, 6) is 3.39. The van der Waals surface area contributed by atoms with E-state index in [1.165, 1.54) is 21.9 Å². The van der Waals surface area contributed by atoms with Crippen LogP contribution in [-0.2, 0) is 19.1 Å². The SMILES string of the molecule is C=CC(=O)OC(C)C1CSC(CSc2ccc(SCC3SCC(C(C)OC(=O)C=C)S3)cc2)S1. The predicted molar refractivity (Wildman–Crippen MR) is 155 cm³/mol. The second-order valence-corrected chi connectivity index (χ2v) is 15.8. The molecule has 0 spiro atoms. The van der Waals surface area contributed by atoms with Gasteiger partial charge in [0.2, 0.25) is 0 Å². The lowest BCUT2D eigenvalue weighted by molar-refractivity contribution is -0.142. The van der Waals surface area contributed by atoms with Crippen molar-refractivity contribution in [2.75, 3.05) is 23.0 Å². The minimum Gasteiger partial charge on any atom is -0.458 e. The first kappa shape index (κ1) is 28.3. The molecule has 2 saturated heterocycles. The smallest absolute Gasteiger partial charge is 0.330 e. The van der Waals surface area contributed by atoms with E-state index in [2.05, 4.69) is 37.4 Å². The second-order valence-electron chi connectivity index (χ2n) is 7.66. The Bertz CT molecular complexity index is 779. The van der Waals surface area contributed by atoms with Crippen LogP contribution in [-0.4, -0.2) is 66.8 Å². The van der Waals surface area contributed by atoms with E-state index in [4.69, 9.17) is 9.47 Å². The fourth-order valence-corrected chi connectivity index (χ4v) is 12.5. The average Bonchev–Trinajstić information content (AvgIpc) is 3.52. The van der Waals surface area contributed by atoms with Gasteiger partial charge < -0.3 is 9.47 Å². The summed E-state index contributed by atoms with van der Waals surface area (Å²) in [6, 6.07) is 8.82. The van der Waals surface area contributed by atoms with E-state index >= 15 is 0 Å². The predicted octanol–water partition coefficient (Wildman–Crippen LogP) is 6.46.